The van der Waals surface area contributed by atoms with Gasteiger partial charge in [-0.05, 0) is 5.56 Å². The summed E-state index contributed by atoms with van der Waals surface area (Å²) in [6.45, 7) is 0. The molecule has 0 fully saturated rings. The Morgan fingerprint density at radius 3 is 2.25 bits per heavy atom. The van der Waals surface area contributed by atoms with Gasteiger partial charge in [0.15, 0.2) is 0 Å². The van der Waals surface area contributed by atoms with Gasteiger partial charge in [-0.3, -0.25) is 4.72 Å². The molecule has 24 heavy (non-hydrogen) atoms. The van der Waals surface area contributed by atoms with Crippen LogP contribution in [0.2, 0.25) is 5.02 Å². The van der Waals surface area contributed by atoms with E-state index in [0.29, 0.717) is 5.56 Å². The van der Waals surface area contributed by atoms with E-state index in [2.05, 4.69) is 9.82 Å². The Bertz CT molecular complexity index is 933. The molecule has 0 amide bonds. The standard InChI is InChI=1S/C17H14ClN3O2S/c18-16-12-21(15-9-5-2-6-10-15)19-11-17(16)20-24(22,23)13-14-7-3-1-4-8-14/h1-12H,13H2/p+1. The van der Waals surface area contributed by atoms with E-state index in [4.69, 9.17) is 11.6 Å². The number of benzene rings is 2. The van der Waals surface area contributed by atoms with Gasteiger partial charge in [0.2, 0.25) is 21.9 Å². The molecule has 3 aromatic rings. The Morgan fingerprint density at radius 2 is 1.62 bits per heavy atom. The van der Waals surface area contributed by atoms with Crippen LogP contribution in [0.1, 0.15) is 5.56 Å². The molecule has 0 aliphatic carbocycles. The molecule has 0 radical (unpaired) electrons. The highest BCUT2D eigenvalue weighted by Crippen LogP contribution is 2.20. The first kappa shape index (κ1) is 16.4. The second kappa shape index (κ2) is 6.98. The smallest absolute Gasteiger partial charge is 0.238 e. The Kier molecular flexibility index (Phi) is 4.78. The maximum Gasteiger partial charge on any atom is 0.238 e. The number of aromatic nitrogens is 2. The van der Waals surface area contributed by atoms with Crippen molar-refractivity contribution in [1.82, 2.24) is 5.10 Å². The summed E-state index contributed by atoms with van der Waals surface area (Å²) in [6.07, 6.45) is 2.97. The average Bonchev–Trinajstić information content (AvgIpc) is 2.58. The fourth-order valence-corrected chi connectivity index (χ4v) is 3.63. The largest absolute Gasteiger partial charge is 0.280 e. The van der Waals surface area contributed by atoms with Crippen LogP contribution in [0.25, 0.3) is 5.69 Å². The molecule has 122 valence electrons. The van der Waals surface area contributed by atoms with Crippen molar-refractivity contribution in [2.24, 2.45) is 0 Å². The maximum absolute atomic E-state index is 12.3. The van der Waals surface area contributed by atoms with E-state index in [0.717, 1.165) is 5.69 Å². The van der Waals surface area contributed by atoms with E-state index >= 15 is 0 Å². The van der Waals surface area contributed by atoms with Crippen LogP contribution in [0.15, 0.2) is 73.1 Å². The molecule has 0 aliphatic heterocycles. The third kappa shape index (κ3) is 4.10. The van der Waals surface area contributed by atoms with Crippen molar-refractivity contribution >= 4 is 27.3 Å². The summed E-state index contributed by atoms with van der Waals surface area (Å²) < 4.78 is 28.6. The fourth-order valence-electron chi connectivity index (χ4n) is 2.19. The van der Waals surface area contributed by atoms with E-state index in [1.165, 1.54) is 6.20 Å². The van der Waals surface area contributed by atoms with Gasteiger partial charge < -0.3 is 0 Å². The van der Waals surface area contributed by atoms with Crippen LogP contribution < -0.4 is 9.40 Å². The lowest BCUT2D eigenvalue weighted by Crippen LogP contribution is -2.34. The topological polar surface area (TPSA) is 62.9 Å². The van der Waals surface area contributed by atoms with Gasteiger partial charge in [-0.25, -0.2) is 8.42 Å². The van der Waals surface area contributed by atoms with Crippen LogP contribution in [-0.2, 0) is 15.8 Å². The first-order valence-electron chi connectivity index (χ1n) is 7.21. The number of sulfonamides is 1. The summed E-state index contributed by atoms with van der Waals surface area (Å²) in [4.78, 5) is 0. The van der Waals surface area contributed by atoms with Crippen LogP contribution in [0.5, 0.6) is 0 Å². The van der Waals surface area contributed by atoms with Crippen molar-refractivity contribution in [3.63, 3.8) is 0 Å². The van der Waals surface area contributed by atoms with E-state index in [1.807, 2.05) is 36.4 Å². The Morgan fingerprint density at radius 1 is 1.00 bits per heavy atom. The lowest BCUT2D eigenvalue weighted by molar-refractivity contribution is -0.659. The first-order valence-corrected chi connectivity index (χ1v) is 9.24. The molecule has 3 rings (SSSR count). The Balaban J connectivity index is 1.80. The number of rotatable bonds is 5. The maximum atomic E-state index is 12.3. The third-order valence-electron chi connectivity index (χ3n) is 3.29. The molecule has 1 heterocycles. The first-order chi connectivity index (χ1) is 11.5. The van der Waals surface area contributed by atoms with Crippen LogP contribution in [0, 0.1) is 0 Å². The number of para-hydroxylation sites is 1. The summed E-state index contributed by atoms with van der Waals surface area (Å²) >= 11 is 6.20. The van der Waals surface area contributed by atoms with E-state index in [1.54, 1.807) is 35.1 Å². The van der Waals surface area contributed by atoms with Gasteiger partial charge in [0, 0.05) is 17.2 Å². The van der Waals surface area contributed by atoms with Gasteiger partial charge in [0.05, 0.1) is 11.4 Å². The molecule has 0 bridgehead atoms. The zero-order valence-electron chi connectivity index (χ0n) is 12.6. The number of hydrogen-bond acceptors (Lipinski definition) is 3. The van der Waals surface area contributed by atoms with E-state index in [9.17, 15) is 8.42 Å². The summed E-state index contributed by atoms with van der Waals surface area (Å²) in [6, 6.07) is 18.4. The van der Waals surface area contributed by atoms with Crippen LogP contribution in [-0.4, -0.2) is 13.5 Å². The zero-order valence-corrected chi connectivity index (χ0v) is 14.2. The normalized spacial score (nSPS) is 11.2. The van der Waals surface area contributed by atoms with Gasteiger partial charge in [0.1, 0.15) is 11.2 Å². The minimum absolute atomic E-state index is 0.127. The minimum atomic E-state index is -3.57. The number of hydrogen-bond donors (Lipinski definition) is 1. The van der Waals surface area contributed by atoms with Crippen molar-refractivity contribution in [2.75, 3.05) is 4.72 Å². The zero-order chi connectivity index (χ0) is 17.0. The molecule has 0 saturated carbocycles. The van der Waals surface area contributed by atoms with Crippen molar-refractivity contribution in [1.29, 1.82) is 0 Å². The molecule has 1 N–H and O–H groups in total. The second-order valence-electron chi connectivity index (χ2n) is 5.16. The van der Waals surface area contributed by atoms with Crippen molar-refractivity contribution in [3.05, 3.63) is 83.6 Å². The summed E-state index contributed by atoms with van der Waals surface area (Å²) in [5, 5.41) is 4.48. The minimum Gasteiger partial charge on any atom is -0.280 e. The van der Waals surface area contributed by atoms with Gasteiger partial charge >= 0.3 is 0 Å². The lowest BCUT2D eigenvalue weighted by Gasteiger charge is -2.08. The van der Waals surface area contributed by atoms with Crippen LogP contribution in [0.3, 0.4) is 0 Å². The van der Waals surface area contributed by atoms with Crippen molar-refractivity contribution in [2.45, 2.75) is 5.75 Å². The van der Waals surface area contributed by atoms with Crippen molar-refractivity contribution in [3.8, 4) is 5.69 Å². The fraction of sp³-hybridized carbons (Fsp3) is 0.0588. The van der Waals surface area contributed by atoms with Gasteiger partial charge in [-0.1, -0.05) is 64.8 Å². The predicted molar refractivity (Wildman–Crippen MR) is 93.5 cm³/mol. The summed E-state index contributed by atoms with van der Waals surface area (Å²) in [5.41, 5.74) is 1.78. The molecule has 7 heteroatoms. The highest BCUT2D eigenvalue weighted by Gasteiger charge is 2.17. The molecule has 2 aromatic carbocycles. The monoisotopic (exact) mass is 360 g/mol. The van der Waals surface area contributed by atoms with E-state index < -0.39 is 10.0 Å². The Hall–Kier alpha value is -2.44. The number of halogens is 1. The highest BCUT2D eigenvalue weighted by molar-refractivity contribution is 7.91. The van der Waals surface area contributed by atoms with Gasteiger partial charge in [-0.2, -0.15) is 0 Å². The molecular weight excluding hydrogens is 346 g/mol. The molecule has 0 atom stereocenters. The lowest BCUT2D eigenvalue weighted by atomic mass is 10.2. The molecule has 0 spiro atoms. The molecule has 0 unspecified atom stereocenters. The second-order valence-corrected chi connectivity index (χ2v) is 7.29. The van der Waals surface area contributed by atoms with E-state index in [-0.39, 0.29) is 16.5 Å². The molecule has 0 saturated heterocycles. The SMILES string of the molecule is O=S(=O)(Cc1ccccc1)Nc1cn[n+](-c2ccccc2)cc1Cl. The van der Waals surface area contributed by atoms with Gasteiger partial charge in [0.25, 0.3) is 0 Å². The Labute approximate surface area is 145 Å². The number of nitrogens with zero attached hydrogens (tertiary/aromatic N) is 2. The summed E-state index contributed by atoms with van der Waals surface area (Å²) in [5.74, 6) is -0.127. The summed E-state index contributed by atoms with van der Waals surface area (Å²) in [7, 11) is -3.57. The highest BCUT2D eigenvalue weighted by atomic mass is 35.5. The number of anilines is 1. The molecule has 5 nitrogen and oxygen atoms in total. The van der Waals surface area contributed by atoms with Crippen LogP contribution >= 0.6 is 11.6 Å². The average molecular weight is 361 g/mol. The quantitative estimate of drug-likeness (QED) is 0.711. The molecule has 0 aliphatic rings. The van der Waals surface area contributed by atoms with Crippen LogP contribution in [0.4, 0.5) is 5.69 Å². The molecule has 1 aromatic heterocycles. The number of nitrogens with one attached hydrogen (secondary N) is 1. The molecular formula is C17H15ClN3O2S+. The predicted octanol–water partition coefficient (Wildman–Crippen LogP) is 2.95. The third-order valence-corrected chi connectivity index (χ3v) is 4.84. The van der Waals surface area contributed by atoms with Crippen molar-refractivity contribution < 1.29 is 13.1 Å². The van der Waals surface area contributed by atoms with Gasteiger partial charge in [-0.15, -0.1) is 0 Å².